The van der Waals surface area contributed by atoms with Crippen molar-refractivity contribution in [2.45, 2.75) is 0 Å². The van der Waals surface area contributed by atoms with Crippen molar-refractivity contribution in [3.05, 3.63) is 54.7 Å². The Morgan fingerprint density at radius 3 is 2.40 bits per heavy atom. The zero-order valence-electron chi connectivity index (χ0n) is 8.09. The molecule has 0 aliphatic carbocycles. The second-order valence-corrected chi connectivity index (χ2v) is 3.13. The van der Waals surface area contributed by atoms with Crippen LogP contribution in [0.3, 0.4) is 0 Å². The van der Waals surface area contributed by atoms with Crippen LogP contribution in [-0.2, 0) is 0 Å². The third-order valence-electron chi connectivity index (χ3n) is 2.09. The highest BCUT2D eigenvalue weighted by Gasteiger charge is 2.00. The van der Waals surface area contributed by atoms with Gasteiger partial charge in [0.2, 0.25) is 0 Å². The summed E-state index contributed by atoms with van der Waals surface area (Å²) in [6.45, 7) is 3.46. The van der Waals surface area contributed by atoms with Crippen molar-refractivity contribution in [3.8, 4) is 11.3 Å². The molecule has 0 bridgehead atoms. The minimum atomic E-state index is 0.0701. The van der Waals surface area contributed by atoms with Crippen LogP contribution >= 0.6 is 0 Å². The van der Waals surface area contributed by atoms with Gasteiger partial charge in [-0.15, -0.1) is 0 Å². The normalized spacial score (nSPS) is 9.87. The zero-order chi connectivity index (χ0) is 10.7. The lowest BCUT2D eigenvalue weighted by molar-refractivity contribution is 0.514. The van der Waals surface area contributed by atoms with E-state index in [1.54, 1.807) is 18.3 Å². The van der Waals surface area contributed by atoms with Gasteiger partial charge in [-0.1, -0.05) is 30.8 Å². The molecule has 0 saturated carbocycles. The maximum atomic E-state index is 9.16. The van der Waals surface area contributed by atoms with Gasteiger partial charge in [-0.25, -0.2) is 0 Å². The molecule has 1 N–H and O–H groups in total. The molecule has 1 heterocycles. The Hall–Kier alpha value is -2.16. The molecule has 2 aromatic rings. The standard InChI is InChI=1S/C12H10N2O/c1-9(15)10-4-6-11(7-5-10)12-3-2-8-13-14-12/h2-8,15H,1H2. The zero-order valence-corrected chi connectivity index (χ0v) is 8.09. The van der Waals surface area contributed by atoms with E-state index in [4.69, 9.17) is 5.11 Å². The highest BCUT2D eigenvalue weighted by atomic mass is 16.3. The lowest BCUT2D eigenvalue weighted by atomic mass is 10.1. The monoisotopic (exact) mass is 198 g/mol. The van der Waals surface area contributed by atoms with E-state index in [0.717, 1.165) is 11.3 Å². The van der Waals surface area contributed by atoms with Gasteiger partial charge in [0.25, 0.3) is 0 Å². The van der Waals surface area contributed by atoms with Crippen LogP contribution in [0.4, 0.5) is 0 Å². The first-order valence-corrected chi connectivity index (χ1v) is 4.54. The molecular weight excluding hydrogens is 188 g/mol. The van der Waals surface area contributed by atoms with Gasteiger partial charge in [-0.2, -0.15) is 10.2 Å². The number of benzene rings is 1. The first-order chi connectivity index (χ1) is 7.27. The highest BCUT2D eigenvalue weighted by Crippen LogP contribution is 2.18. The van der Waals surface area contributed by atoms with Gasteiger partial charge in [0.1, 0.15) is 5.76 Å². The van der Waals surface area contributed by atoms with Crippen LogP contribution in [0.2, 0.25) is 0 Å². The number of rotatable bonds is 2. The van der Waals surface area contributed by atoms with E-state index in [0.29, 0.717) is 5.56 Å². The van der Waals surface area contributed by atoms with Crippen LogP contribution < -0.4 is 0 Å². The van der Waals surface area contributed by atoms with Crippen LogP contribution in [0.1, 0.15) is 5.56 Å². The molecule has 3 nitrogen and oxygen atoms in total. The molecular formula is C12H10N2O. The second kappa shape index (κ2) is 3.92. The number of aromatic nitrogens is 2. The molecule has 0 saturated heterocycles. The molecule has 0 unspecified atom stereocenters. The molecule has 3 heteroatoms. The lowest BCUT2D eigenvalue weighted by Crippen LogP contribution is -1.86. The molecule has 0 amide bonds. The fraction of sp³-hybridized carbons (Fsp3) is 0. The van der Waals surface area contributed by atoms with E-state index in [1.165, 1.54) is 0 Å². The summed E-state index contributed by atoms with van der Waals surface area (Å²) >= 11 is 0. The maximum absolute atomic E-state index is 9.16. The van der Waals surface area contributed by atoms with Crippen LogP contribution in [-0.4, -0.2) is 15.3 Å². The molecule has 2 rings (SSSR count). The van der Waals surface area contributed by atoms with Crippen molar-refractivity contribution < 1.29 is 5.11 Å². The Morgan fingerprint density at radius 1 is 1.13 bits per heavy atom. The quantitative estimate of drug-likeness (QED) is 0.754. The van der Waals surface area contributed by atoms with E-state index in [9.17, 15) is 0 Å². The van der Waals surface area contributed by atoms with Gasteiger partial charge in [-0.05, 0) is 12.1 Å². The summed E-state index contributed by atoms with van der Waals surface area (Å²) < 4.78 is 0. The van der Waals surface area contributed by atoms with Crippen molar-refractivity contribution in [2.24, 2.45) is 0 Å². The van der Waals surface area contributed by atoms with Crippen molar-refractivity contribution >= 4 is 5.76 Å². The average Bonchev–Trinajstić information content (AvgIpc) is 2.30. The van der Waals surface area contributed by atoms with E-state index in [-0.39, 0.29) is 5.76 Å². The Bertz CT molecular complexity index is 463. The van der Waals surface area contributed by atoms with E-state index < -0.39 is 0 Å². The number of aliphatic hydroxyl groups excluding tert-OH is 1. The Kier molecular flexibility index (Phi) is 2.46. The summed E-state index contributed by atoms with van der Waals surface area (Å²) in [7, 11) is 0. The fourth-order valence-corrected chi connectivity index (χ4v) is 1.29. The van der Waals surface area contributed by atoms with Gasteiger partial charge >= 0.3 is 0 Å². The average molecular weight is 198 g/mol. The minimum Gasteiger partial charge on any atom is -0.508 e. The SMILES string of the molecule is C=C(O)c1ccc(-c2cccnn2)cc1. The van der Waals surface area contributed by atoms with Crippen LogP contribution in [0.15, 0.2) is 49.2 Å². The summed E-state index contributed by atoms with van der Waals surface area (Å²) in [6, 6.07) is 11.1. The topological polar surface area (TPSA) is 46.0 Å². The molecule has 0 spiro atoms. The molecule has 0 fully saturated rings. The van der Waals surface area contributed by atoms with Gasteiger partial charge in [0.05, 0.1) is 5.69 Å². The van der Waals surface area contributed by atoms with Gasteiger partial charge in [0.15, 0.2) is 0 Å². The summed E-state index contributed by atoms with van der Waals surface area (Å²) in [5.74, 6) is 0.0701. The predicted octanol–water partition coefficient (Wildman–Crippen LogP) is 2.67. The van der Waals surface area contributed by atoms with Crippen molar-refractivity contribution in [1.29, 1.82) is 0 Å². The first kappa shape index (κ1) is 9.40. The molecule has 0 aliphatic heterocycles. The van der Waals surface area contributed by atoms with Crippen molar-refractivity contribution in [1.82, 2.24) is 10.2 Å². The Morgan fingerprint density at radius 2 is 1.87 bits per heavy atom. The summed E-state index contributed by atoms with van der Waals surface area (Å²) in [5, 5.41) is 17.0. The summed E-state index contributed by atoms with van der Waals surface area (Å²) in [4.78, 5) is 0. The van der Waals surface area contributed by atoms with Crippen LogP contribution in [0, 0.1) is 0 Å². The third-order valence-corrected chi connectivity index (χ3v) is 2.09. The lowest BCUT2D eigenvalue weighted by Gasteiger charge is -2.01. The molecule has 74 valence electrons. The molecule has 0 radical (unpaired) electrons. The van der Waals surface area contributed by atoms with E-state index in [1.807, 2.05) is 24.3 Å². The highest BCUT2D eigenvalue weighted by molar-refractivity contribution is 5.63. The fourth-order valence-electron chi connectivity index (χ4n) is 1.29. The largest absolute Gasteiger partial charge is 0.508 e. The summed E-state index contributed by atoms with van der Waals surface area (Å²) in [5.41, 5.74) is 2.49. The number of nitrogens with zero attached hydrogens (tertiary/aromatic N) is 2. The molecule has 1 aromatic carbocycles. The molecule has 15 heavy (non-hydrogen) atoms. The molecule has 0 aliphatic rings. The Labute approximate surface area is 87.7 Å². The smallest absolute Gasteiger partial charge is 0.115 e. The minimum absolute atomic E-state index is 0.0701. The predicted molar refractivity (Wildman–Crippen MR) is 59.1 cm³/mol. The van der Waals surface area contributed by atoms with Gasteiger partial charge in [-0.3, -0.25) is 0 Å². The number of hydrogen-bond donors (Lipinski definition) is 1. The van der Waals surface area contributed by atoms with Crippen molar-refractivity contribution in [3.63, 3.8) is 0 Å². The summed E-state index contributed by atoms with van der Waals surface area (Å²) in [6.07, 6.45) is 1.63. The van der Waals surface area contributed by atoms with E-state index >= 15 is 0 Å². The third kappa shape index (κ3) is 2.02. The first-order valence-electron chi connectivity index (χ1n) is 4.54. The maximum Gasteiger partial charge on any atom is 0.115 e. The second-order valence-electron chi connectivity index (χ2n) is 3.13. The van der Waals surface area contributed by atoms with Crippen LogP contribution in [0.5, 0.6) is 0 Å². The molecule has 1 aromatic heterocycles. The van der Waals surface area contributed by atoms with E-state index in [2.05, 4.69) is 16.8 Å². The Balaban J connectivity index is 2.36. The van der Waals surface area contributed by atoms with Gasteiger partial charge in [0, 0.05) is 17.3 Å². The molecule has 0 atom stereocenters. The van der Waals surface area contributed by atoms with Gasteiger partial charge < -0.3 is 5.11 Å². The van der Waals surface area contributed by atoms with Crippen LogP contribution in [0.25, 0.3) is 17.0 Å². The van der Waals surface area contributed by atoms with Crippen molar-refractivity contribution in [2.75, 3.05) is 0 Å². The number of aliphatic hydroxyl groups is 1. The number of hydrogen-bond acceptors (Lipinski definition) is 3.